The van der Waals surface area contributed by atoms with Crippen LogP contribution < -0.4 is 10.0 Å². The maximum atomic E-state index is 12.0. The number of aliphatic hydroxyl groups is 1. The van der Waals surface area contributed by atoms with Gasteiger partial charge < -0.3 is 14.8 Å². The van der Waals surface area contributed by atoms with Crippen LogP contribution in [0, 0.1) is 5.92 Å². The molecule has 7 heteroatoms. The van der Waals surface area contributed by atoms with E-state index in [2.05, 4.69) is 10.0 Å². The molecule has 114 valence electrons. The molecule has 0 amide bonds. The number of rotatable bonds is 7. The summed E-state index contributed by atoms with van der Waals surface area (Å²) in [6, 6.07) is 3.44. The first-order valence-corrected chi connectivity index (χ1v) is 8.35. The van der Waals surface area contributed by atoms with Crippen molar-refractivity contribution in [2.75, 3.05) is 6.54 Å². The molecule has 3 N–H and O–H groups in total. The summed E-state index contributed by atoms with van der Waals surface area (Å²) in [6.07, 6.45) is 1.04. The van der Waals surface area contributed by atoms with Crippen LogP contribution in [-0.2, 0) is 16.6 Å². The Labute approximate surface area is 119 Å². The Morgan fingerprint density at radius 1 is 1.40 bits per heavy atom. The van der Waals surface area contributed by atoms with Crippen LogP contribution in [0.4, 0.5) is 0 Å². The van der Waals surface area contributed by atoms with Gasteiger partial charge in [-0.05, 0) is 30.9 Å². The number of furan rings is 1. The van der Waals surface area contributed by atoms with E-state index in [0.717, 1.165) is 0 Å². The molecule has 0 unspecified atom stereocenters. The topological polar surface area (TPSA) is 91.6 Å². The van der Waals surface area contributed by atoms with Gasteiger partial charge >= 0.3 is 0 Å². The first-order chi connectivity index (χ1) is 9.37. The van der Waals surface area contributed by atoms with E-state index in [9.17, 15) is 8.42 Å². The summed E-state index contributed by atoms with van der Waals surface area (Å²) in [5, 5.41) is 12.3. The Balaban J connectivity index is 1.88. The van der Waals surface area contributed by atoms with Crippen LogP contribution in [0.15, 0.2) is 21.6 Å². The van der Waals surface area contributed by atoms with Crippen molar-refractivity contribution in [1.29, 1.82) is 0 Å². The zero-order valence-corrected chi connectivity index (χ0v) is 12.6. The van der Waals surface area contributed by atoms with Crippen molar-refractivity contribution in [1.82, 2.24) is 10.0 Å². The van der Waals surface area contributed by atoms with Gasteiger partial charge in [0.2, 0.25) is 5.09 Å². The molecule has 1 saturated carbocycles. The summed E-state index contributed by atoms with van der Waals surface area (Å²) >= 11 is 0. The van der Waals surface area contributed by atoms with Gasteiger partial charge in [-0.1, -0.05) is 13.8 Å². The van der Waals surface area contributed by atoms with Crippen LogP contribution in [0.5, 0.6) is 0 Å². The van der Waals surface area contributed by atoms with Crippen molar-refractivity contribution in [3.8, 4) is 0 Å². The largest absolute Gasteiger partial charge is 0.447 e. The van der Waals surface area contributed by atoms with Crippen molar-refractivity contribution >= 4 is 10.0 Å². The summed E-state index contributed by atoms with van der Waals surface area (Å²) in [5.74, 6) is 0.815. The predicted molar refractivity (Wildman–Crippen MR) is 74.6 cm³/mol. The lowest BCUT2D eigenvalue weighted by Crippen LogP contribution is -2.38. The molecule has 1 aliphatic rings. The minimum absolute atomic E-state index is 0.0575. The first kappa shape index (κ1) is 15.5. The number of sulfonamides is 1. The average Bonchev–Trinajstić information content (AvgIpc) is 2.80. The normalized spacial score (nSPS) is 23.0. The first-order valence-electron chi connectivity index (χ1n) is 6.86. The molecule has 1 aliphatic carbocycles. The molecule has 0 atom stereocenters. The van der Waals surface area contributed by atoms with Crippen molar-refractivity contribution in [3.05, 3.63) is 17.9 Å². The van der Waals surface area contributed by atoms with Crippen LogP contribution >= 0.6 is 0 Å². The fraction of sp³-hybridized carbons (Fsp3) is 0.692. The van der Waals surface area contributed by atoms with Gasteiger partial charge in [-0.3, -0.25) is 0 Å². The summed E-state index contributed by atoms with van der Waals surface area (Å²) < 4.78 is 31.9. The maximum absolute atomic E-state index is 12.0. The molecule has 20 heavy (non-hydrogen) atoms. The maximum Gasteiger partial charge on any atom is 0.273 e. The number of aliphatic hydroxyl groups excluding tert-OH is 1. The Morgan fingerprint density at radius 2 is 2.10 bits per heavy atom. The Kier molecular flexibility index (Phi) is 4.85. The van der Waals surface area contributed by atoms with Gasteiger partial charge in [0.05, 0.1) is 12.6 Å². The van der Waals surface area contributed by atoms with Crippen LogP contribution in [-0.4, -0.2) is 32.2 Å². The van der Waals surface area contributed by atoms with E-state index in [1.165, 1.54) is 6.07 Å². The Morgan fingerprint density at radius 3 is 2.70 bits per heavy atom. The predicted octanol–water partition coefficient (Wildman–Crippen LogP) is 0.827. The second-order valence-electron chi connectivity index (χ2n) is 5.60. The standard InChI is InChI=1S/C13H22N2O4S/c1-9(2)14-8-12-3-4-13(19-12)20(17,18)15-7-10-5-11(16)6-10/h3-4,9-11,14-16H,5-8H2,1-2H3. The molecule has 0 spiro atoms. The third-order valence-corrected chi connectivity index (χ3v) is 4.66. The van der Waals surface area contributed by atoms with Gasteiger partial charge in [0.15, 0.2) is 0 Å². The van der Waals surface area contributed by atoms with E-state index in [1.807, 2.05) is 13.8 Å². The average molecular weight is 302 g/mol. The lowest BCUT2D eigenvalue weighted by molar-refractivity contribution is 0.0453. The van der Waals surface area contributed by atoms with Crippen molar-refractivity contribution < 1.29 is 17.9 Å². The molecule has 0 aliphatic heterocycles. The highest BCUT2D eigenvalue weighted by Crippen LogP contribution is 2.26. The Hall–Kier alpha value is -0.890. The molecular weight excluding hydrogens is 280 g/mol. The van der Waals surface area contributed by atoms with E-state index in [0.29, 0.717) is 37.7 Å². The fourth-order valence-electron chi connectivity index (χ4n) is 2.07. The lowest BCUT2D eigenvalue weighted by Gasteiger charge is -2.31. The van der Waals surface area contributed by atoms with Crippen molar-refractivity contribution in [2.45, 2.75) is 50.5 Å². The van der Waals surface area contributed by atoms with Crippen LogP contribution in [0.3, 0.4) is 0 Å². The highest BCUT2D eigenvalue weighted by molar-refractivity contribution is 7.89. The lowest BCUT2D eigenvalue weighted by atomic mass is 9.83. The zero-order chi connectivity index (χ0) is 14.8. The SMILES string of the molecule is CC(C)NCc1ccc(S(=O)(=O)NCC2CC(O)C2)o1. The van der Waals surface area contributed by atoms with Gasteiger partial charge in [0.1, 0.15) is 5.76 Å². The highest BCUT2D eigenvalue weighted by Gasteiger charge is 2.29. The van der Waals surface area contributed by atoms with Crippen LogP contribution in [0.2, 0.25) is 0 Å². The van der Waals surface area contributed by atoms with Gasteiger partial charge in [0, 0.05) is 12.6 Å². The second-order valence-corrected chi connectivity index (χ2v) is 7.30. The number of hydrogen-bond acceptors (Lipinski definition) is 5. The van der Waals surface area contributed by atoms with E-state index in [4.69, 9.17) is 9.52 Å². The van der Waals surface area contributed by atoms with Crippen molar-refractivity contribution in [2.24, 2.45) is 5.92 Å². The molecule has 6 nitrogen and oxygen atoms in total. The monoisotopic (exact) mass is 302 g/mol. The van der Waals surface area contributed by atoms with Gasteiger partial charge in [-0.2, -0.15) is 0 Å². The molecule has 0 radical (unpaired) electrons. The summed E-state index contributed by atoms with van der Waals surface area (Å²) in [4.78, 5) is 0. The molecule has 1 fully saturated rings. The summed E-state index contributed by atoms with van der Waals surface area (Å²) in [7, 11) is -3.59. The minimum atomic E-state index is -3.59. The molecule has 2 rings (SSSR count). The third kappa shape index (κ3) is 4.05. The van der Waals surface area contributed by atoms with E-state index < -0.39 is 10.0 Å². The van der Waals surface area contributed by atoms with Gasteiger partial charge in [0.25, 0.3) is 10.0 Å². The zero-order valence-electron chi connectivity index (χ0n) is 11.8. The van der Waals surface area contributed by atoms with E-state index >= 15 is 0 Å². The highest BCUT2D eigenvalue weighted by atomic mass is 32.2. The fourth-order valence-corrected chi connectivity index (χ4v) is 3.13. The van der Waals surface area contributed by atoms with Crippen molar-refractivity contribution in [3.63, 3.8) is 0 Å². The molecule has 0 bridgehead atoms. The minimum Gasteiger partial charge on any atom is -0.447 e. The van der Waals surface area contributed by atoms with Crippen LogP contribution in [0.1, 0.15) is 32.4 Å². The number of hydrogen-bond donors (Lipinski definition) is 3. The molecule has 1 heterocycles. The third-order valence-electron chi connectivity index (χ3n) is 3.36. The quantitative estimate of drug-likeness (QED) is 0.694. The van der Waals surface area contributed by atoms with Gasteiger partial charge in [-0.15, -0.1) is 0 Å². The Bertz CT molecular complexity index is 532. The molecule has 1 aromatic heterocycles. The smallest absolute Gasteiger partial charge is 0.273 e. The van der Waals surface area contributed by atoms with E-state index in [1.54, 1.807) is 6.07 Å². The second kappa shape index (κ2) is 6.26. The summed E-state index contributed by atoms with van der Waals surface area (Å²) in [5.41, 5.74) is 0. The molecular formula is C13H22N2O4S. The molecule has 1 aromatic rings. The van der Waals surface area contributed by atoms with E-state index in [-0.39, 0.29) is 17.1 Å². The van der Waals surface area contributed by atoms with Crippen LogP contribution in [0.25, 0.3) is 0 Å². The molecule has 0 saturated heterocycles. The van der Waals surface area contributed by atoms with Gasteiger partial charge in [-0.25, -0.2) is 13.1 Å². The summed E-state index contributed by atoms with van der Waals surface area (Å²) in [6.45, 7) is 4.87. The molecule has 0 aromatic carbocycles. The number of nitrogens with one attached hydrogen (secondary N) is 2.